The molecule has 26 heavy (non-hydrogen) atoms. The highest BCUT2D eigenvalue weighted by Crippen LogP contribution is 2.26. The summed E-state index contributed by atoms with van der Waals surface area (Å²) in [6.07, 6.45) is 1.58. The molecule has 0 amide bonds. The number of halogens is 1. The first kappa shape index (κ1) is 17.4. The summed E-state index contributed by atoms with van der Waals surface area (Å²) >= 11 is 1.39. The Hall–Kier alpha value is -3.38. The topological polar surface area (TPSA) is 105 Å². The average molecular weight is 367 g/mol. The standard InChI is InChI=1S/C17H14FN7S/c1-25(2)17-23-14(22-16(20)24-17)11(8-19)7-13-9-26-15(21-13)10-3-5-12(18)6-4-10/h3-7,9H,1-2H3,(H2,20,22,23,24)/b11-7-. The number of benzene rings is 1. The van der Waals surface area contributed by atoms with Crippen molar-refractivity contribution in [2.45, 2.75) is 0 Å². The summed E-state index contributed by atoms with van der Waals surface area (Å²) < 4.78 is 13.0. The molecule has 0 saturated heterocycles. The minimum atomic E-state index is -0.304. The van der Waals surface area contributed by atoms with E-state index in [-0.39, 0.29) is 23.2 Å². The molecule has 2 heterocycles. The van der Waals surface area contributed by atoms with Crippen LogP contribution in [0.1, 0.15) is 11.5 Å². The van der Waals surface area contributed by atoms with Gasteiger partial charge in [0.1, 0.15) is 16.9 Å². The fourth-order valence-electron chi connectivity index (χ4n) is 2.07. The van der Waals surface area contributed by atoms with Gasteiger partial charge in [0, 0.05) is 25.0 Å². The minimum Gasteiger partial charge on any atom is -0.368 e. The lowest BCUT2D eigenvalue weighted by atomic mass is 10.2. The summed E-state index contributed by atoms with van der Waals surface area (Å²) in [5.74, 6) is 0.269. The summed E-state index contributed by atoms with van der Waals surface area (Å²) in [4.78, 5) is 18.4. The highest BCUT2D eigenvalue weighted by Gasteiger charge is 2.12. The third-order valence-electron chi connectivity index (χ3n) is 3.31. The van der Waals surface area contributed by atoms with Crippen LogP contribution in [-0.2, 0) is 0 Å². The molecule has 0 radical (unpaired) electrons. The van der Waals surface area contributed by atoms with Gasteiger partial charge in [-0.3, -0.25) is 0 Å². The maximum atomic E-state index is 13.0. The first-order valence-corrected chi connectivity index (χ1v) is 8.37. The molecule has 0 spiro atoms. The Morgan fingerprint density at radius 1 is 1.19 bits per heavy atom. The van der Waals surface area contributed by atoms with Gasteiger partial charge < -0.3 is 10.6 Å². The van der Waals surface area contributed by atoms with Gasteiger partial charge in [0.05, 0.1) is 11.3 Å². The van der Waals surface area contributed by atoms with Crippen LogP contribution in [0.4, 0.5) is 16.3 Å². The zero-order valence-corrected chi connectivity index (χ0v) is 14.8. The van der Waals surface area contributed by atoms with E-state index in [1.807, 2.05) is 0 Å². The van der Waals surface area contributed by atoms with Gasteiger partial charge in [-0.15, -0.1) is 11.3 Å². The van der Waals surface area contributed by atoms with Crippen LogP contribution in [0, 0.1) is 17.1 Å². The van der Waals surface area contributed by atoms with E-state index in [0.29, 0.717) is 11.6 Å². The number of anilines is 2. The molecule has 3 aromatic rings. The van der Waals surface area contributed by atoms with Crippen LogP contribution in [0.25, 0.3) is 22.2 Å². The van der Waals surface area contributed by atoms with E-state index in [4.69, 9.17) is 5.73 Å². The fourth-order valence-corrected chi connectivity index (χ4v) is 2.86. The second kappa shape index (κ2) is 7.25. The van der Waals surface area contributed by atoms with E-state index in [1.165, 1.54) is 23.5 Å². The Morgan fingerprint density at radius 2 is 1.92 bits per heavy atom. The van der Waals surface area contributed by atoms with E-state index in [2.05, 4.69) is 26.0 Å². The molecule has 9 heteroatoms. The molecule has 3 rings (SSSR count). The van der Waals surface area contributed by atoms with Crippen LogP contribution >= 0.6 is 11.3 Å². The zero-order valence-electron chi connectivity index (χ0n) is 14.0. The van der Waals surface area contributed by atoms with E-state index in [1.54, 1.807) is 42.6 Å². The van der Waals surface area contributed by atoms with Gasteiger partial charge in [-0.25, -0.2) is 9.37 Å². The van der Waals surface area contributed by atoms with Crippen LogP contribution in [0.2, 0.25) is 0 Å². The number of hydrogen-bond donors (Lipinski definition) is 1. The van der Waals surface area contributed by atoms with Crippen molar-refractivity contribution in [3.63, 3.8) is 0 Å². The van der Waals surface area contributed by atoms with Crippen molar-refractivity contribution in [1.82, 2.24) is 19.9 Å². The van der Waals surface area contributed by atoms with Gasteiger partial charge in [-0.05, 0) is 30.3 Å². The van der Waals surface area contributed by atoms with E-state index in [0.717, 1.165) is 10.6 Å². The van der Waals surface area contributed by atoms with Gasteiger partial charge in [-0.2, -0.15) is 20.2 Å². The summed E-state index contributed by atoms with van der Waals surface area (Å²) in [7, 11) is 3.54. The number of hydrogen-bond acceptors (Lipinski definition) is 8. The first-order valence-electron chi connectivity index (χ1n) is 7.49. The van der Waals surface area contributed by atoms with Crippen molar-refractivity contribution in [1.29, 1.82) is 5.26 Å². The predicted molar refractivity (Wildman–Crippen MR) is 99.6 cm³/mol. The van der Waals surface area contributed by atoms with Crippen LogP contribution < -0.4 is 10.6 Å². The fraction of sp³-hybridized carbons (Fsp3) is 0.118. The lowest BCUT2D eigenvalue weighted by Crippen LogP contribution is -2.15. The molecular formula is C17H14FN7S. The van der Waals surface area contributed by atoms with Crippen LogP contribution in [0.15, 0.2) is 29.6 Å². The number of allylic oxidation sites excluding steroid dienone is 1. The van der Waals surface area contributed by atoms with Crippen molar-refractivity contribution >= 4 is 34.9 Å². The Labute approximate surface area is 153 Å². The van der Waals surface area contributed by atoms with Crippen LogP contribution in [-0.4, -0.2) is 34.0 Å². The number of nitriles is 1. The number of aromatic nitrogens is 4. The Bertz CT molecular complexity index is 1000. The van der Waals surface area contributed by atoms with E-state index >= 15 is 0 Å². The lowest BCUT2D eigenvalue weighted by Gasteiger charge is -2.10. The number of rotatable bonds is 4. The first-order chi connectivity index (χ1) is 12.5. The third-order valence-corrected chi connectivity index (χ3v) is 4.22. The molecule has 0 aliphatic carbocycles. The maximum Gasteiger partial charge on any atom is 0.230 e. The highest BCUT2D eigenvalue weighted by molar-refractivity contribution is 7.13. The third kappa shape index (κ3) is 3.81. The Morgan fingerprint density at radius 3 is 2.58 bits per heavy atom. The minimum absolute atomic E-state index is 0.0325. The Balaban J connectivity index is 1.96. The lowest BCUT2D eigenvalue weighted by molar-refractivity contribution is 0.628. The number of thiazole rings is 1. The van der Waals surface area contributed by atoms with Gasteiger partial charge in [-0.1, -0.05) is 0 Å². The monoisotopic (exact) mass is 367 g/mol. The summed E-state index contributed by atoms with van der Waals surface area (Å²) in [6, 6.07) is 8.13. The number of nitrogen functional groups attached to an aromatic ring is 1. The maximum absolute atomic E-state index is 13.0. The molecule has 0 aliphatic rings. The summed E-state index contributed by atoms with van der Waals surface area (Å²) in [5, 5.41) is 12.0. The van der Waals surface area contributed by atoms with Crippen molar-refractivity contribution < 1.29 is 4.39 Å². The molecular weight excluding hydrogens is 353 g/mol. The summed E-state index contributed by atoms with van der Waals surface area (Å²) in [6.45, 7) is 0. The van der Waals surface area contributed by atoms with Crippen LogP contribution in [0.3, 0.4) is 0 Å². The molecule has 2 aromatic heterocycles. The second-order valence-corrected chi connectivity index (χ2v) is 6.32. The molecule has 1 aromatic carbocycles. The molecule has 2 N–H and O–H groups in total. The van der Waals surface area contributed by atoms with E-state index in [9.17, 15) is 9.65 Å². The van der Waals surface area contributed by atoms with Gasteiger partial charge in [0.15, 0.2) is 5.82 Å². The highest BCUT2D eigenvalue weighted by atomic mass is 32.1. The zero-order chi connectivity index (χ0) is 18.7. The van der Waals surface area contributed by atoms with Crippen molar-refractivity contribution in [3.05, 3.63) is 47.0 Å². The molecule has 0 fully saturated rings. The molecule has 7 nitrogen and oxygen atoms in total. The molecule has 0 aliphatic heterocycles. The number of nitrogens with zero attached hydrogens (tertiary/aromatic N) is 6. The average Bonchev–Trinajstić information content (AvgIpc) is 3.08. The molecule has 130 valence electrons. The quantitative estimate of drug-likeness (QED) is 0.707. The second-order valence-electron chi connectivity index (χ2n) is 5.47. The summed E-state index contributed by atoms with van der Waals surface area (Å²) in [5.41, 5.74) is 7.31. The largest absolute Gasteiger partial charge is 0.368 e. The van der Waals surface area contributed by atoms with Crippen molar-refractivity contribution in [2.75, 3.05) is 24.7 Å². The number of nitrogens with two attached hydrogens (primary N) is 1. The van der Waals surface area contributed by atoms with Crippen LogP contribution in [0.5, 0.6) is 0 Å². The SMILES string of the molecule is CN(C)c1nc(N)nc(/C(C#N)=C\c2csc(-c3ccc(F)cc3)n2)n1. The molecule has 0 unspecified atom stereocenters. The Kier molecular flexibility index (Phi) is 4.86. The normalized spacial score (nSPS) is 11.2. The predicted octanol–water partition coefficient (Wildman–Crippen LogP) is 2.85. The molecule has 0 bridgehead atoms. The van der Waals surface area contributed by atoms with Gasteiger partial charge >= 0.3 is 0 Å². The van der Waals surface area contributed by atoms with Gasteiger partial charge in [0.2, 0.25) is 11.9 Å². The van der Waals surface area contributed by atoms with Crippen molar-refractivity contribution in [3.8, 4) is 16.6 Å². The molecule has 0 atom stereocenters. The smallest absolute Gasteiger partial charge is 0.230 e. The van der Waals surface area contributed by atoms with Gasteiger partial charge in [0.25, 0.3) is 0 Å². The molecule has 0 saturated carbocycles. The van der Waals surface area contributed by atoms with E-state index < -0.39 is 0 Å². The van der Waals surface area contributed by atoms with Crippen molar-refractivity contribution in [2.24, 2.45) is 0 Å².